The number of aliphatic carboxylic acids is 4. The van der Waals surface area contributed by atoms with Crippen molar-refractivity contribution in [3.05, 3.63) is 0 Å². The molecule has 12 nitrogen and oxygen atoms in total. The van der Waals surface area contributed by atoms with Gasteiger partial charge in [0.05, 0.1) is 36.8 Å². The zero-order valence-electron chi connectivity index (χ0n) is 11.7. The van der Waals surface area contributed by atoms with E-state index < -0.39 is 66.7 Å². The Kier molecular flexibility index (Phi) is 6.47. The first kappa shape index (κ1) is 20.1. The van der Waals surface area contributed by atoms with Crippen LogP contribution in [0.4, 0.5) is 4.79 Å². The predicted molar refractivity (Wildman–Crippen MR) is 69.8 cm³/mol. The summed E-state index contributed by atoms with van der Waals surface area (Å²) in [7, 11) is 0. The summed E-state index contributed by atoms with van der Waals surface area (Å²) in [4.78, 5) is 54.9. The van der Waals surface area contributed by atoms with Crippen molar-refractivity contribution >= 4 is 30.0 Å². The van der Waals surface area contributed by atoms with E-state index in [-0.39, 0.29) is 0 Å². The highest BCUT2D eigenvalue weighted by atomic mass is 16.4. The predicted octanol–water partition coefficient (Wildman–Crippen LogP) is -1.41. The summed E-state index contributed by atoms with van der Waals surface area (Å²) >= 11 is 0. The number of carboxylic acid groups (broad SMARTS) is 5. The zero-order valence-corrected chi connectivity index (χ0v) is 11.7. The van der Waals surface area contributed by atoms with Gasteiger partial charge in [0.1, 0.15) is 0 Å². The highest BCUT2D eigenvalue weighted by Crippen LogP contribution is 2.34. The van der Waals surface area contributed by atoms with Gasteiger partial charge in [-0.3, -0.25) is 19.2 Å². The molecule has 0 aliphatic carbocycles. The molecule has 0 rings (SSSR count). The number of carbonyl (C=O) groups is 5. The van der Waals surface area contributed by atoms with E-state index in [0.29, 0.717) is 0 Å². The molecule has 0 aliphatic heterocycles. The molecule has 0 radical (unpaired) electrons. The average Bonchev–Trinajstić information content (AvgIpc) is 2.22. The standard InChI is InChI=1S/C11H16N2O10/c12-10(1-5(14)15,2-6(16)17)11(3-7(18)19,4-8(20)21)13-9(22)23/h13H,1-4,12H2,(H,14,15)(H,16,17)(H,18,19)(H,20,21)(H,22,23). The van der Waals surface area contributed by atoms with E-state index in [1.165, 1.54) is 0 Å². The van der Waals surface area contributed by atoms with Crippen LogP contribution >= 0.6 is 0 Å². The van der Waals surface area contributed by atoms with Gasteiger partial charge in [-0.1, -0.05) is 0 Å². The first-order valence-electron chi connectivity index (χ1n) is 6.01. The largest absolute Gasteiger partial charge is 0.481 e. The lowest BCUT2D eigenvalue weighted by atomic mass is 9.68. The van der Waals surface area contributed by atoms with Crippen molar-refractivity contribution in [3.8, 4) is 0 Å². The van der Waals surface area contributed by atoms with Crippen molar-refractivity contribution in [2.75, 3.05) is 0 Å². The molecule has 0 unspecified atom stereocenters. The topological polar surface area (TPSA) is 225 Å². The van der Waals surface area contributed by atoms with Gasteiger partial charge < -0.3 is 36.6 Å². The van der Waals surface area contributed by atoms with Crippen LogP contribution in [0, 0.1) is 0 Å². The maximum atomic E-state index is 11.0. The van der Waals surface area contributed by atoms with Crippen LogP contribution in [0.15, 0.2) is 0 Å². The molecular formula is C11H16N2O10. The number of carboxylic acids is 4. The Balaban J connectivity index is 6.27. The second-order valence-corrected chi connectivity index (χ2v) is 4.95. The van der Waals surface area contributed by atoms with E-state index in [0.717, 1.165) is 0 Å². The summed E-state index contributed by atoms with van der Waals surface area (Å²) in [6.45, 7) is 0. The SMILES string of the molecule is NC(CC(=O)O)(CC(=O)O)C(CC(=O)O)(CC(=O)O)NC(=O)O. The monoisotopic (exact) mass is 336 g/mol. The van der Waals surface area contributed by atoms with Gasteiger partial charge in [0.25, 0.3) is 0 Å². The summed E-state index contributed by atoms with van der Waals surface area (Å²) in [6, 6.07) is 0. The molecule has 0 heterocycles. The Morgan fingerprint density at radius 3 is 1.22 bits per heavy atom. The summed E-state index contributed by atoms with van der Waals surface area (Å²) in [5.74, 6) is -6.68. The van der Waals surface area contributed by atoms with Crippen molar-refractivity contribution < 1.29 is 49.5 Å². The zero-order chi connectivity index (χ0) is 18.4. The number of rotatable bonds is 10. The smallest absolute Gasteiger partial charge is 0.405 e. The lowest BCUT2D eigenvalue weighted by Gasteiger charge is -2.45. The van der Waals surface area contributed by atoms with Gasteiger partial charge in [-0.05, 0) is 0 Å². The summed E-state index contributed by atoms with van der Waals surface area (Å²) in [6.07, 6.45) is -6.65. The minimum absolute atomic E-state index is 1.17. The number of hydrogen-bond acceptors (Lipinski definition) is 6. The maximum Gasteiger partial charge on any atom is 0.405 e. The molecule has 23 heavy (non-hydrogen) atoms. The van der Waals surface area contributed by atoms with Crippen LogP contribution in [-0.4, -0.2) is 66.6 Å². The molecule has 0 aromatic heterocycles. The summed E-state index contributed by atoms with van der Waals surface area (Å²) < 4.78 is 0. The average molecular weight is 336 g/mol. The Morgan fingerprint density at radius 2 is 1.00 bits per heavy atom. The highest BCUT2D eigenvalue weighted by Gasteiger charge is 2.54. The third-order valence-corrected chi connectivity index (χ3v) is 3.14. The van der Waals surface area contributed by atoms with E-state index in [1.807, 2.05) is 0 Å². The van der Waals surface area contributed by atoms with Crippen LogP contribution in [-0.2, 0) is 19.2 Å². The van der Waals surface area contributed by atoms with Gasteiger partial charge in [0, 0.05) is 0 Å². The fraction of sp³-hybridized carbons (Fsp3) is 0.545. The first-order chi connectivity index (χ1) is 10.3. The van der Waals surface area contributed by atoms with Crippen molar-refractivity contribution in [2.45, 2.75) is 36.8 Å². The quantitative estimate of drug-likeness (QED) is 0.245. The van der Waals surface area contributed by atoms with Crippen LogP contribution < -0.4 is 11.1 Å². The number of nitrogens with one attached hydrogen (secondary N) is 1. The molecule has 0 bridgehead atoms. The Bertz CT molecular complexity index is 472. The third kappa shape index (κ3) is 5.78. The molecule has 0 aromatic carbocycles. The van der Waals surface area contributed by atoms with Gasteiger partial charge in [0.15, 0.2) is 0 Å². The molecule has 1 amide bonds. The highest BCUT2D eigenvalue weighted by molar-refractivity contribution is 5.80. The van der Waals surface area contributed by atoms with Crippen molar-refractivity contribution in [1.82, 2.24) is 5.32 Å². The fourth-order valence-corrected chi connectivity index (χ4v) is 2.29. The second kappa shape index (κ2) is 7.40. The Labute approximate surface area is 128 Å². The fourth-order valence-electron chi connectivity index (χ4n) is 2.29. The molecular weight excluding hydrogens is 320 g/mol. The molecule has 0 saturated heterocycles. The maximum absolute atomic E-state index is 11.0. The number of nitrogens with two attached hydrogens (primary N) is 1. The molecule has 0 fully saturated rings. The normalized spacial score (nSPS) is 11.5. The Morgan fingerprint density at radius 1 is 0.696 bits per heavy atom. The van der Waals surface area contributed by atoms with Crippen molar-refractivity contribution in [1.29, 1.82) is 0 Å². The van der Waals surface area contributed by atoms with E-state index in [2.05, 4.69) is 0 Å². The van der Waals surface area contributed by atoms with E-state index in [1.54, 1.807) is 5.32 Å². The summed E-state index contributed by atoms with van der Waals surface area (Å²) in [5.41, 5.74) is 0.661. The molecule has 12 heteroatoms. The van der Waals surface area contributed by atoms with Gasteiger partial charge in [-0.15, -0.1) is 0 Å². The van der Waals surface area contributed by atoms with Gasteiger partial charge in [-0.2, -0.15) is 0 Å². The molecule has 0 atom stereocenters. The lowest BCUT2D eigenvalue weighted by molar-refractivity contribution is -0.151. The molecule has 8 N–H and O–H groups in total. The van der Waals surface area contributed by atoms with Gasteiger partial charge in [-0.25, -0.2) is 4.79 Å². The number of hydrogen-bond donors (Lipinski definition) is 7. The summed E-state index contributed by atoms with van der Waals surface area (Å²) in [5, 5.41) is 46.1. The molecule has 0 saturated carbocycles. The van der Waals surface area contributed by atoms with Gasteiger partial charge >= 0.3 is 30.0 Å². The lowest BCUT2D eigenvalue weighted by Crippen LogP contribution is -2.71. The molecule has 0 aromatic rings. The number of amides is 1. The van der Waals surface area contributed by atoms with E-state index in [9.17, 15) is 24.0 Å². The van der Waals surface area contributed by atoms with Crippen LogP contribution in [0.1, 0.15) is 25.7 Å². The van der Waals surface area contributed by atoms with E-state index >= 15 is 0 Å². The minimum Gasteiger partial charge on any atom is -0.481 e. The van der Waals surface area contributed by atoms with Crippen molar-refractivity contribution in [3.63, 3.8) is 0 Å². The van der Waals surface area contributed by atoms with Crippen LogP contribution in [0.3, 0.4) is 0 Å². The second-order valence-electron chi connectivity index (χ2n) is 4.95. The van der Waals surface area contributed by atoms with Crippen molar-refractivity contribution in [2.24, 2.45) is 5.73 Å². The minimum atomic E-state index is -2.55. The molecule has 0 spiro atoms. The molecule has 0 aliphatic rings. The van der Waals surface area contributed by atoms with Crippen LogP contribution in [0.2, 0.25) is 0 Å². The van der Waals surface area contributed by atoms with Crippen LogP contribution in [0.5, 0.6) is 0 Å². The Hall–Kier alpha value is -2.89. The third-order valence-electron chi connectivity index (χ3n) is 3.14. The van der Waals surface area contributed by atoms with Gasteiger partial charge in [0.2, 0.25) is 0 Å². The van der Waals surface area contributed by atoms with E-state index in [4.69, 9.17) is 31.3 Å². The van der Waals surface area contributed by atoms with Crippen LogP contribution in [0.25, 0.3) is 0 Å². The molecule has 130 valence electrons. The first-order valence-corrected chi connectivity index (χ1v) is 6.01.